The Balaban J connectivity index is 1.48. The summed E-state index contributed by atoms with van der Waals surface area (Å²) >= 11 is 0. The van der Waals surface area contributed by atoms with Crippen molar-refractivity contribution in [2.45, 2.75) is 53.8 Å². The van der Waals surface area contributed by atoms with Crippen molar-refractivity contribution in [1.82, 2.24) is 0 Å². The number of hydrogen-bond acceptors (Lipinski definition) is 10. The van der Waals surface area contributed by atoms with E-state index < -0.39 is 15.6 Å². The molecule has 0 amide bonds. The number of phosphoric ester groups is 1. The number of ether oxygens (including phenoxy) is 2. The standard InChI is InChI=1S/C38H34O10P2/c1-23-27-9-5-13-33(23)43-47-50(40)46-36-16-8-12-31(26(36)4)22-42-38-29(19-27)17-18-37-32(38)20-28-10-6-14-34(24(28)2)44-49(39,48-50)45-35-15-7-11-30(21-41-37)25(35)3/h5-18H,19-22H2,1-4H3. The Labute approximate surface area is 289 Å². The number of phosphoric acid groups is 2. The van der Waals surface area contributed by atoms with Crippen LogP contribution in [0.3, 0.4) is 0 Å². The Morgan fingerprint density at radius 1 is 0.480 bits per heavy atom. The fraction of sp³-hybridized carbons (Fsp3) is 0.211. The highest BCUT2D eigenvalue weighted by atomic mass is 31.3. The van der Waals surface area contributed by atoms with Gasteiger partial charge in [0.25, 0.3) is 0 Å². The van der Waals surface area contributed by atoms with Crippen molar-refractivity contribution in [1.29, 1.82) is 0 Å². The molecule has 2 atom stereocenters. The minimum Gasteiger partial charge on any atom is -0.488 e. The number of rotatable bonds is 0. The highest BCUT2D eigenvalue weighted by Crippen LogP contribution is 2.66. The normalized spacial score (nSPS) is 20.8. The van der Waals surface area contributed by atoms with Crippen LogP contribution >= 0.6 is 15.6 Å². The first kappa shape index (κ1) is 32.5. The summed E-state index contributed by atoms with van der Waals surface area (Å²) < 4.78 is 73.0. The average Bonchev–Trinajstić information content (AvgIpc) is 3.08. The van der Waals surface area contributed by atoms with E-state index in [0.29, 0.717) is 46.6 Å². The van der Waals surface area contributed by atoms with Crippen molar-refractivity contribution in [3.63, 3.8) is 0 Å². The Kier molecular flexibility index (Phi) is 8.16. The molecule has 0 fully saturated rings. The molecule has 3 aliphatic rings. The van der Waals surface area contributed by atoms with E-state index in [0.717, 1.165) is 33.4 Å². The Hall–Kier alpha value is -4.72. The molecule has 50 heavy (non-hydrogen) atoms. The van der Waals surface area contributed by atoms with Gasteiger partial charge >= 0.3 is 15.6 Å². The molecular weight excluding hydrogens is 678 g/mol. The Bertz CT molecular complexity index is 2270. The lowest BCUT2D eigenvalue weighted by Gasteiger charge is -2.26. The van der Waals surface area contributed by atoms with Crippen LogP contribution in [0, 0.1) is 27.7 Å². The van der Waals surface area contributed by atoms with Crippen molar-refractivity contribution in [2.75, 3.05) is 0 Å². The van der Waals surface area contributed by atoms with Gasteiger partial charge in [-0.2, -0.15) is 4.31 Å². The van der Waals surface area contributed by atoms with Gasteiger partial charge in [-0.15, -0.1) is 0 Å². The van der Waals surface area contributed by atoms with Crippen molar-refractivity contribution >= 4 is 15.6 Å². The second kappa shape index (κ2) is 12.6. The van der Waals surface area contributed by atoms with Gasteiger partial charge in [-0.3, -0.25) is 0 Å². The zero-order valence-electron chi connectivity index (χ0n) is 27.9. The first-order valence-electron chi connectivity index (χ1n) is 16.2. The first-order valence-corrected chi connectivity index (χ1v) is 19.1. The van der Waals surface area contributed by atoms with E-state index in [2.05, 4.69) is 0 Å². The summed E-state index contributed by atoms with van der Waals surface area (Å²) in [6.45, 7) is 7.62. The largest absolute Gasteiger partial charge is 0.597 e. The minimum absolute atomic E-state index is 0.132. The molecule has 256 valence electrons. The zero-order valence-corrected chi connectivity index (χ0v) is 29.7. The number of hydrogen-bond donors (Lipinski definition) is 0. The van der Waals surface area contributed by atoms with Gasteiger partial charge in [-0.25, -0.2) is 9.13 Å². The smallest absolute Gasteiger partial charge is 0.488 e. The molecule has 8 rings (SSSR count). The maximum Gasteiger partial charge on any atom is 0.597 e. The molecule has 3 aliphatic heterocycles. The predicted octanol–water partition coefficient (Wildman–Crippen LogP) is 9.98. The third-order valence-corrected chi connectivity index (χ3v) is 12.6. The van der Waals surface area contributed by atoms with E-state index in [-0.39, 0.29) is 36.2 Å². The zero-order chi connectivity index (χ0) is 34.6. The van der Waals surface area contributed by atoms with Crippen LogP contribution in [-0.4, -0.2) is 0 Å². The summed E-state index contributed by atoms with van der Waals surface area (Å²) in [6.07, 6.45) is 0.861. The van der Waals surface area contributed by atoms with Crippen LogP contribution in [0.4, 0.5) is 0 Å². The van der Waals surface area contributed by atoms with Crippen molar-refractivity contribution in [2.24, 2.45) is 0 Å². The van der Waals surface area contributed by atoms with Crippen LogP contribution in [0.15, 0.2) is 84.9 Å². The molecule has 0 saturated heterocycles. The van der Waals surface area contributed by atoms with Gasteiger partial charge < -0.3 is 27.9 Å². The molecule has 12 bridgehead atoms. The molecule has 5 aromatic carbocycles. The average molecular weight is 713 g/mol. The second-order valence-corrected chi connectivity index (χ2v) is 15.7. The fourth-order valence-corrected chi connectivity index (χ4v) is 9.41. The molecule has 5 aromatic rings. The molecule has 10 nitrogen and oxygen atoms in total. The van der Waals surface area contributed by atoms with Crippen LogP contribution in [0.2, 0.25) is 0 Å². The highest BCUT2D eigenvalue weighted by molar-refractivity contribution is 7.62. The van der Waals surface area contributed by atoms with E-state index in [9.17, 15) is 9.13 Å². The summed E-state index contributed by atoms with van der Waals surface area (Å²) in [6, 6.07) is 25.3. The molecule has 0 aromatic heterocycles. The summed E-state index contributed by atoms with van der Waals surface area (Å²) in [7, 11) is -9.90. The van der Waals surface area contributed by atoms with E-state index in [1.165, 1.54) is 0 Å². The van der Waals surface area contributed by atoms with Gasteiger partial charge in [0.2, 0.25) is 0 Å². The molecular formula is C38H34O10P2. The third kappa shape index (κ3) is 6.03. The lowest BCUT2D eigenvalue weighted by molar-refractivity contribution is -0.120. The van der Waals surface area contributed by atoms with Gasteiger partial charge in [0, 0.05) is 18.4 Å². The molecule has 0 radical (unpaired) electrons. The molecule has 0 spiro atoms. The van der Waals surface area contributed by atoms with E-state index in [1.54, 1.807) is 62.4 Å². The van der Waals surface area contributed by atoms with Gasteiger partial charge in [-0.1, -0.05) is 59.3 Å². The molecule has 2 unspecified atom stereocenters. The van der Waals surface area contributed by atoms with E-state index >= 15 is 0 Å². The summed E-state index contributed by atoms with van der Waals surface area (Å²) in [5.41, 5.74) is 7.59. The lowest BCUT2D eigenvalue weighted by Crippen LogP contribution is -2.13. The van der Waals surface area contributed by atoms with Gasteiger partial charge in [-0.05, 0) is 108 Å². The lowest BCUT2D eigenvalue weighted by atomic mass is 9.93. The quantitative estimate of drug-likeness (QED) is 0.114. The predicted molar refractivity (Wildman–Crippen MR) is 185 cm³/mol. The maximum atomic E-state index is 15.0. The van der Waals surface area contributed by atoms with Gasteiger partial charge in [0.1, 0.15) is 42.0 Å². The van der Waals surface area contributed by atoms with Crippen molar-refractivity contribution in [3.8, 4) is 34.5 Å². The third-order valence-electron chi connectivity index (χ3n) is 9.44. The van der Waals surface area contributed by atoms with Crippen LogP contribution < -0.4 is 27.9 Å². The van der Waals surface area contributed by atoms with E-state index in [1.807, 2.05) is 50.2 Å². The molecule has 0 N–H and O–H groups in total. The Morgan fingerprint density at radius 2 is 0.980 bits per heavy atom. The SMILES string of the molecule is Cc1c2cccc1OOP1(=O)Oc3cccc(c3C)COc3c(ccc4c3Cc3cccc(c3C)OP(=O)(Oc3cccc(c3C)CO4)O1)C2. The summed E-state index contributed by atoms with van der Waals surface area (Å²) in [4.78, 5) is 5.75. The topological polar surface area (TPSA) is 108 Å². The van der Waals surface area contributed by atoms with Crippen LogP contribution in [0.25, 0.3) is 0 Å². The molecule has 3 heterocycles. The number of fused-ring (bicyclic) bond motifs is 7. The van der Waals surface area contributed by atoms with Crippen molar-refractivity contribution < 1.29 is 46.0 Å². The van der Waals surface area contributed by atoms with Gasteiger partial charge in [0.15, 0.2) is 5.75 Å². The number of benzene rings is 5. The summed E-state index contributed by atoms with van der Waals surface area (Å²) in [5.74, 6) is 2.05. The van der Waals surface area contributed by atoms with Crippen LogP contribution in [-0.2, 0) is 44.2 Å². The monoisotopic (exact) mass is 712 g/mol. The second-order valence-electron chi connectivity index (χ2n) is 12.5. The van der Waals surface area contributed by atoms with Crippen LogP contribution in [0.5, 0.6) is 34.5 Å². The molecule has 12 heteroatoms. The minimum atomic E-state index is -4.99. The Morgan fingerprint density at radius 3 is 1.62 bits per heavy atom. The fourth-order valence-electron chi connectivity index (χ4n) is 6.37. The molecule has 0 aliphatic carbocycles. The van der Waals surface area contributed by atoms with E-state index in [4.69, 9.17) is 36.9 Å². The van der Waals surface area contributed by atoms with Crippen LogP contribution in [0.1, 0.15) is 55.6 Å². The maximum absolute atomic E-state index is 15.0. The summed E-state index contributed by atoms with van der Waals surface area (Å²) in [5, 5.41) is 0. The highest BCUT2D eigenvalue weighted by Gasteiger charge is 2.47. The van der Waals surface area contributed by atoms with Gasteiger partial charge in [0.05, 0.1) is 0 Å². The first-order chi connectivity index (χ1) is 24.1. The van der Waals surface area contributed by atoms with Crippen molar-refractivity contribution in [3.05, 3.63) is 141 Å². The molecule has 0 saturated carbocycles.